The second-order valence-electron chi connectivity index (χ2n) is 3.46. The van der Waals surface area contributed by atoms with Gasteiger partial charge in [0.1, 0.15) is 0 Å². The number of hydrogen-bond acceptors (Lipinski definition) is 1. The summed E-state index contributed by atoms with van der Waals surface area (Å²) in [5.74, 6) is 0. The molecular formula is C8H15N. The van der Waals surface area contributed by atoms with E-state index in [4.69, 9.17) is 0 Å². The zero-order chi connectivity index (χ0) is 6.27. The van der Waals surface area contributed by atoms with E-state index >= 15 is 0 Å². The van der Waals surface area contributed by atoms with E-state index in [9.17, 15) is 0 Å². The van der Waals surface area contributed by atoms with Gasteiger partial charge in [-0.1, -0.05) is 0 Å². The van der Waals surface area contributed by atoms with Gasteiger partial charge in [-0.15, -0.1) is 0 Å². The molecule has 0 aromatic rings. The Hall–Kier alpha value is -0.0400. The molecule has 0 aromatic carbocycles. The van der Waals surface area contributed by atoms with E-state index in [1.165, 1.54) is 32.2 Å². The van der Waals surface area contributed by atoms with Crippen LogP contribution < -0.4 is 0 Å². The van der Waals surface area contributed by atoms with E-state index in [-0.39, 0.29) is 0 Å². The van der Waals surface area contributed by atoms with Gasteiger partial charge in [0, 0.05) is 12.1 Å². The molecule has 0 saturated carbocycles. The summed E-state index contributed by atoms with van der Waals surface area (Å²) in [6.45, 7) is 3.75. The highest BCUT2D eigenvalue weighted by molar-refractivity contribution is 4.89. The van der Waals surface area contributed by atoms with Crippen LogP contribution in [0.1, 0.15) is 32.6 Å². The van der Waals surface area contributed by atoms with Crippen molar-refractivity contribution in [1.29, 1.82) is 0 Å². The van der Waals surface area contributed by atoms with Crippen LogP contribution in [0.4, 0.5) is 0 Å². The second kappa shape index (κ2) is 1.98. The molecule has 2 rings (SSSR count). The Bertz CT molecular complexity index is 111. The van der Waals surface area contributed by atoms with Crippen LogP contribution in [0, 0.1) is 0 Å². The van der Waals surface area contributed by atoms with Gasteiger partial charge in [-0.05, 0) is 39.2 Å². The van der Waals surface area contributed by atoms with Gasteiger partial charge in [-0.2, -0.15) is 0 Å². The summed E-state index contributed by atoms with van der Waals surface area (Å²) in [6, 6.07) is 1.89. The number of fused-ring (bicyclic) bond motifs is 1. The average Bonchev–Trinajstić information content (AvgIpc) is 2.35. The normalized spacial score (nSPS) is 43.7. The van der Waals surface area contributed by atoms with E-state index in [0.29, 0.717) is 0 Å². The molecule has 2 saturated heterocycles. The maximum atomic E-state index is 2.68. The molecule has 2 heterocycles. The van der Waals surface area contributed by atoms with Crippen molar-refractivity contribution in [2.75, 3.05) is 6.54 Å². The highest BCUT2D eigenvalue weighted by atomic mass is 15.2. The smallest absolute Gasteiger partial charge is 0.00991 e. The second-order valence-corrected chi connectivity index (χ2v) is 3.46. The van der Waals surface area contributed by atoms with E-state index in [1.54, 1.807) is 0 Å². The van der Waals surface area contributed by atoms with Crippen LogP contribution in [-0.2, 0) is 0 Å². The molecular weight excluding hydrogens is 110 g/mol. The summed E-state index contributed by atoms with van der Waals surface area (Å²) in [5.41, 5.74) is 0. The Labute approximate surface area is 57.0 Å². The van der Waals surface area contributed by atoms with Gasteiger partial charge in [0.15, 0.2) is 0 Å². The van der Waals surface area contributed by atoms with Gasteiger partial charge < -0.3 is 0 Å². The van der Waals surface area contributed by atoms with Crippen molar-refractivity contribution in [1.82, 2.24) is 4.90 Å². The van der Waals surface area contributed by atoms with Gasteiger partial charge in [0.05, 0.1) is 0 Å². The third kappa shape index (κ3) is 0.787. The van der Waals surface area contributed by atoms with E-state index in [1.807, 2.05) is 0 Å². The molecule has 0 spiro atoms. The Balaban J connectivity index is 2.07. The lowest BCUT2D eigenvalue weighted by Crippen LogP contribution is -2.28. The molecule has 1 unspecified atom stereocenters. The Kier molecular flexibility index (Phi) is 1.26. The molecule has 2 atom stereocenters. The third-order valence-corrected chi connectivity index (χ3v) is 2.91. The lowest BCUT2D eigenvalue weighted by Gasteiger charge is -2.19. The summed E-state index contributed by atoms with van der Waals surface area (Å²) in [6.07, 6.45) is 5.85. The van der Waals surface area contributed by atoms with Crippen molar-refractivity contribution in [2.24, 2.45) is 0 Å². The Morgan fingerprint density at radius 3 is 2.89 bits per heavy atom. The van der Waals surface area contributed by atoms with E-state index in [0.717, 1.165) is 12.1 Å². The van der Waals surface area contributed by atoms with Gasteiger partial charge in [-0.3, -0.25) is 4.90 Å². The molecule has 0 bridgehead atoms. The van der Waals surface area contributed by atoms with Crippen molar-refractivity contribution in [3.63, 3.8) is 0 Å². The van der Waals surface area contributed by atoms with Crippen molar-refractivity contribution < 1.29 is 0 Å². The maximum Gasteiger partial charge on any atom is 0.00991 e. The van der Waals surface area contributed by atoms with Crippen molar-refractivity contribution >= 4 is 0 Å². The molecule has 1 nitrogen and oxygen atoms in total. The first kappa shape index (κ1) is 5.72. The molecule has 52 valence electrons. The van der Waals surface area contributed by atoms with Gasteiger partial charge in [0.25, 0.3) is 0 Å². The Morgan fingerprint density at radius 2 is 2.11 bits per heavy atom. The first-order valence-corrected chi connectivity index (χ1v) is 4.13. The largest absolute Gasteiger partial charge is 0.298 e. The number of nitrogens with zero attached hydrogens (tertiary/aromatic N) is 1. The molecule has 0 N–H and O–H groups in total. The predicted octanol–water partition coefficient (Wildman–Crippen LogP) is 1.63. The fourth-order valence-corrected chi connectivity index (χ4v) is 2.35. The van der Waals surface area contributed by atoms with Crippen LogP contribution in [0.3, 0.4) is 0 Å². The van der Waals surface area contributed by atoms with Crippen molar-refractivity contribution in [3.05, 3.63) is 0 Å². The Morgan fingerprint density at radius 1 is 1.22 bits per heavy atom. The summed E-state index contributed by atoms with van der Waals surface area (Å²) in [7, 11) is 0. The van der Waals surface area contributed by atoms with Gasteiger partial charge in [-0.25, -0.2) is 0 Å². The third-order valence-electron chi connectivity index (χ3n) is 2.91. The summed E-state index contributed by atoms with van der Waals surface area (Å²) < 4.78 is 0. The number of rotatable bonds is 0. The summed E-state index contributed by atoms with van der Waals surface area (Å²) >= 11 is 0. The molecule has 2 aliphatic heterocycles. The quantitative estimate of drug-likeness (QED) is 0.475. The minimum Gasteiger partial charge on any atom is -0.298 e. The molecule has 1 heteroatoms. The van der Waals surface area contributed by atoms with E-state index < -0.39 is 0 Å². The van der Waals surface area contributed by atoms with Crippen LogP contribution >= 0.6 is 0 Å². The minimum absolute atomic E-state index is 0.900. The molecule has 0 aliphatic carbocycles. The maximum absolute atomic E-state index is 2.68. The molecule has 2 aliphatic rings. The summed E-state index contributed by atoms with van der Waals surface area (Å²) in [4.78, 5) is 2.68. The van der Waals surface area contributed by atoms with Crippen LogP contribution in [0.2, 0.25) is 0 Å². The lowest BCUT2D eigenvalue weighted by molar-refractivity contribution is 0.260. The minimum atomic E-state index is 0.900. The average molecular weight is 125 g/mol. The summed E-state index contributed by atoms with van der Waals surface area (Å²) in [5, 5.41) is 0. The molecule has 0 radical (unpaired) electrons. The topological polar surface area (TPSA) is 3.24 Å². The number of hydrogen-bond donors (Lipinski definition) is 0. The van der Waals surface area contributed by atoms with Crippen LogP contribution in [0.25, 0.3) is 0 Å². The zero-order valence-corrected chi connectivity index (χ0v) is 6.14. The highest BCUT2D eigenvalue weighted by Crippen LogP contribution is 2.31. The SMILES string of the molecule is C[C@@H]1CCC2CCCN21. The fourth-order valence-electron chi connectivity index (χ4n) is 2.35. The highest BCUT2D eigenvalue weighted by Gasteiger charge is 2.33. The standard InChI is InChI=1S/C8H15N/c1-7-4-5-8-3-2-6-9(7)8/h7-8H,2-6H2,1H3/t7-,8?/m1/s1. The molecule has 9 heavy (non-hydrogen) atoms. The molecule has 0 amide bonds. The van der Waals surface area contributed by atoms with Crippen LogP contribution in [-0.4, -0.2) is 23.5 Å². The zero-order valence-electron chi connectivity index (χ0n) is 6.14. The lowest BCUT2D eigenvalue weighted by atomic mass is 10.1. The predicted molar refractivity (Wildman–Crippen MR) is 38.4 cm³/mol. The van der Waals surface area contributed by atoms with Gasteiger partial charge in [0.2, 0.25) is 0 Å². The van der Waals surface area contributed by atoms with Crippen LogP contribution in [0.15, 0.2) is 0 Å². The fraction of sp³-hybridized carbons (Fsp3) is 1.00. The molecule has 2 fully saturated rings. The monoisotopic (exact) mass is 125 g/mol. The van der Waals surface area contributed by atoms with Crippen molar-refractivity contribution in [2.45, 2.75) is 44.7 Å². The van der Waals surface area contributed by atoms with Crippen LogP contribution in [0.5, 0.6) is 0 Å². The van der Waals surface area contributed by atoms with E-state index in [2.05, 4.69) is 11.8 Å². The van der Waals surface area contributed by atoms with Crippen molar-refractivity contribution in [3.8, 4) is 0 Å². The van der Waals surface area contributed by atoms with Gasteiger partial charge >= 0.3 is 0 Å². The first-order chi connectivity index (χ1) is 4.38. The molecule has 0 aromatic heterocycles. The first-order valence-electron chi connectivity index (χ1n) is 4.13.